The summed E-state index contributed by atoms with van der Waals surface area (Å²) in [4.78, 5) is 22.0. The molecule has 0 aliphatic heterocycles. The van der Waals surface area contributed by atoms with Gasteiger partial charge in [0.15, 0.2) is 0 Å². The Balaban J connectivity index is 3.33. The molecule has 0 fully saturated rings. The Bertz CT molecular complexity index is 233. The summed E-state index contributed by atoms with van der Waals surface area (Å²) in [5.74, 6) is -0.263. The second-order valence-electron chi connectivity index (χ2n) is 3.87. The maximum Gasteiger partial charge on any atom is 0.305 e. The minimum absolute atomic E-state index is 0.131. The van der Waals surface area contributed by atoms with E-state index in [0.717, 1.165) is 25.7 Å². The van der Waals surface area contributed by atoms with Crippen LogP contribution in [0.2, 0.25) is 0 Å². The lowest BCUT2D eigenvalue weighted by Gasteiger charge is -2.00. The van der Waals surface area contributed by atoms with Crippen molar-refractivity contribution in [2.75, 3.05) is 13.2 Å². The molecule has 0 spiro atoms. The molecule has 0 aliphatic carbocycles. The number of esters is 2. The fraction of sp³-hybridized carbons (Fsp3) is 0.714. The Kier molecular flexibility index (Phi) is 11.3. The summed E-state index contributed by atoms with van der Waals surface area (Å²) in [5.41, 5.74) is 0. The normalized spacial score (nSPS) is 10.6. The molecule has 0 atom stereocenters. The molecule has 0 saturated heterocycles. The van der Waals surface area contributed by atoms with Gasteiger partial charge in [-0.15, -0.1) is 0 Å². The van der Waals surface area contributed by atoms with Crippen LogP contribution in [0.1, 0.15) is 52.4 Å². The summed E-state index contributed by atoms with van der Waals surface area (Å²) >= 11 is 0. The topological polar surface area (TPSA) is 52.6 Å². The molecule has 0 aliphatic rings. The van der Waals surface area contributed by atoms with Crippen molar-refractivity contribution in [3.05, 3.63) is 12.2 Å². The smallest absolute Gasteiger partial charge is 0.305 e. The Morgan fingerprint density at radius 3 is 1.56 bits per heavy atom. The number of carbonyl (C=O) groups is 2. The zero-order chi connectivity index (χ0) is 13.6. The van der Waals surface area contributed by atoms with E-state index < -0.39 is 0 Å². The molecule has 0 saturated carbocycles. The highest BCUT2D eigenvalue weighted by molar-refractivity contribution is 5.69. The van der Waals surface area contributed by atoms with Crippen LogP contribution in [0, 0.1) is 0 Å². The molecule has 0 N–H and O–H groups in total. The van der Waals surface area contributed by atoms with Gasteiger partial charge in [-0.2, -0.15) is 0 Å². The van der Waals surface area contributed by atoms with Gasteiger partial charge in [0.05, 0.1) is 13.2 Å². The van der Waals surface area contributed by atoms with Crippen molar-refractivity contribution < 1.29 is 19.1 Å². The zero-order valence-corrected chi connectivity index (χ0v) is 11.4. The SMILES string of the molecule is CCOC(=O)CCC/C=C/CCCC(=O)OCC. The van der Waals surface area contributed by atoms with E-state index in [2.05, 4.69) is 0 Å². The summed E-state index contributed by atoms with van der Waals surface area (Å²) in [6.07, 6.45) is 8.41. The van der Waals surface area contributed by atoms with Crippen molar-refractivity contribution in [3.8, 4) is 0 Å². The average molecular weight is 256 g/mol. The Hall–Kier alpha value is -1.32. The first-order valence-electron chi connectivity index (χ1n) is 6.66. The van der Waals surface area contributed by atoms with Crippen LogP contribution in [-0.4, -0.2) is 25.2 Å². The second-order valence-corrected chi connectivity index (χ2v) is 3.87. The number of hydrogen-bond acceptors (Lipinski definition) is 4. The van der Waals surface area contributed by atoms with Crippen molar-refractivity contribution in [1.82, 2.24) is 0 Å². The van der Waals surface area contributed by atoms with Crippen molar-refractivity contribution in [1.29, 1.82) is 0 Å². The van der Waals surface area contributed by atoms with Gasteiger partial charge in [-0.05, 0) is 39.5 Å². The lowest BCUT2D eigenvalue weighted by atomic mass is 10.2. The van der Waals surface area contributed by atoms with Gasteiger partial charge in [0.1, 0.15) is 0 Å². The van der Waals surface area contributed by atoms with Gasteiger partial charge in [0, 0.05) is 12.8 Å². The van der Waals surface area contributed by atoms with Gasteiger partial charge in [0.25, 0.3) is 0 Å². The van der Waals surface area contributed by atoms with E-state index in [1.807, 2.05) is 12.2 Å². The Morgan fingerprint density at radius 2 is 1.22 bits per heavy atom. The van der Waals surface area contributed by atoms with E-state index >= 15 is 0 Å². The number of allylic oxidation sites excluding steroid dienone is 2. The maximum absolute atomic E-state index is 11.0. The van der Waals surface area contributed by atoms with Gasteiger partial charge < -0.3 is 9.47 Å². The van der Waals surface area contributed by atoms with E-state index in [4.69, 9.17) is 9.47 Å². The number of rotatable bonds is 10. The van der Waals surface area contributed by atoms with E-state index in [-0.39, 0.29) is 11.9 Å². The summed E-state index contributed by atoms with van der Waals surface area (Å²) in [7, 11) is 0. The summed E-state index contributed by atoms with van der Waals surface area (Å²) in [6, 6.07) is 0. The quantitative estimate of drug-likeness (QED) is 0.342. The van der Waals surface area contributed by atoms with Gasteiger partial charge in [0.2, 0.25) is 0 Å². The molecular weight excluding hydrogens is 232 g/mol. The predicted molar refractivity (Wildman–Crippen MR) is 70.1 cm³/mol. The number of hydrogen-bond donors (Lipinski definition) is 0. The third kappa shape index (κ3) is 11.2. The van der Waals surface area contributed by atoms with Crippen molar-refractivity contribution in [3.63, 3.8) is 0 Å². The molecule has 4 heteroatoms. The van der Waals surface area contributed by atoms with Crippen LogP contribution in [0.4, 0.5) is 0 Å². The molecule has 0 rings (SSSR count). The van der Waals surface area contributed by atoms with Crippen LogP contribution in [0.5, 0.6) is 0 Å². The maximum atomic E-state index is 11.0. The van der Waals surface area contributed by atoms with Gasteiger partial charge in [-0.1, -0.05) is 12.2 Å². The molecule has 18 heavy (non-hydrogen) atoms. The van der Waals surface area contributed by atoms with Crippen molar-refractivity contribution in [2.45, 2.75) is 52.4 Å². The monoisotopic (exact) mass is 256 g/mol. The van der Waals surface area contributed by atoms with E-state index in [0.29, 0.717) is 26.1 Å². The fourth-order valence-electron chi connectivity index (χ4n) is 1.43. The van der Waals surface area contributed by atoms with Crippen LogP contribution in [0.25, 0.3) is 0 Å². The minimum atomic E-state index is -0.131. The second kappa shape index (κ2) is 12.1. The molecule has 0 bridgehead atoms. The molecule has 0 aromatic rings. The van der Waals surface area contributed by atoms with Crippen LogP contribution in [0.3, 0.4) is 0 Å². The number of unbranched alkanes of at least 4 members (excludes halogenated alkanes) is 2. The van der Waals surface area contributed by atoms with E-state index in [1.165, 1.54) is 0 Å². The van der Waals surface area contributed by atoms with Crippen LogP contribution in [-0.2, 0) is 19.1 Å². The Labute approximate surface area is 109 Å². The minimum Gasteiger partial charge on any atom is -0.466 e. The number of ether oxygens (including phenoxy) is 2. The Morgan fingerprint density at radius 1 is 0.833 bits per heavy atom. The first kappa shape index (κ1) is 16.7. The van der Waals surface area contributed by atoms with Gasteiger partial charge >= 0.3 is 11.9 Å². The third-order valence-corrected chi connectivity index (χ3v) is 2.28. The first-order valence-corrected chi connectivity index (χ1v) is 6.66. The summed E-state index contributed by atoms with van der Waals surface area (Å²) in [6.45, 7) is 4.51. The molecular formula is C14H24O4. The molecule has 0 aromatic heterocycles. The van der Waals surface area contributed by atoms with Crippen molar-refractivity contribution in [2.24, 2.45) is 0 Å². The lowest BCUT2D eigenvalue weighted by Crippen LogP contribution is -2.03. The largest absolute Gasteiger partial charge is 0.466 e. The summed E-state index contributed by atoms with van der Waals surface area (Å²) < 4.78 is 9.64. The van der Waals surface area contributed by atoms with Crippen LogP contribution >= 0.6 is 0 Å². The van der Waals surface area contributed by atoms with Crippen molar-refractivity contribution >= 4 is 11.9 Å². The van der Waals surface area contributed by atoms with Crippen LogP contribution < -0.4 is 0 Å². The molecule has 0 radical (unpaired) electrons. The first-order chi connectivity index (χ1) is 8.70. The summed E-state index contributed by atoms with van der Waals surface area (Å²) in [5, 5.41) is 0. The highest BCUT2D eigenvalue weighted by atomic mass is 16.5. The standard InChI is InChI=1S/C14H24O4/c1-3-17-13(15)11-9-7-5-6-8-10-12-14(16)18-4-2/h5-6H,3-4,7-12H2,1-2H3/b6-5+. The van der Waals surface area contributed by atoms with Gasteiger partial charge in [-0.25, -0.2) is 0 Å². The molecule has 0 unspecified atom stereocenters. The highest BCUT2D eigenvalue weighted by Crippen LogP contribution is 2.02. The predicted octanol–water partition coefficient (Wildman–Crippen LogP) is 3.01. The van der Waals surface area contributed by atoms with E-state index in [1.54, 1.807) is 13.8 Å². The zero-order valence-electron chi connectivity index (χ0n) is 11.4. The lowest BCUT2D eigenvalue weighted by molar-refractivity contribution is -0.144. The van der Waals surface area contributed by atoms with E-state index in [9.17, 15) is 9.59 Å². The molecule has 0 heterocycles. The fourth-order valence-corrected chi connectivity index (χ4v) is 1.43. The number of carbonyl (C=O) groups excluding carboxylic acids is 2. The molecule has 0 aromatic carbocycles. The molecule has 4 nitrogen and oxygen atoms in total. The highest BCUT2D eigenvalue weighted by Gasteiger charge is 2.00. The van der Waals surface area contributed by atoms with Crippen LogP contribution in [0.15, 0.2) is 12.2 Å². The third-order valence-electron chi connectivity index (χ3n) is 2.28. The molecule has 104 valence electrons. The van der Waals surface area contributed by atoms with Gasteiger partial charge in [-0.3, -0.25) is 9.59 Å². The average Bonchev–Trinajstić information content (AvgIpc) is 2.33. The molecule has 0 amide bonds.